The first-order valence-corrected chi connectivity index (χ1v) is 11.9. The lowest BCUT2D eigenvalue weighted by molar-refractivity contribution is -0.116. The molecular formula is C26H25NO4S. The Bertz CT molecular complexity index is 1150. The lowest BCUT2D eigenvalue weighted by Gasteiger charge is -2.27. The maximum Gasteiger partial charge on any atom is 0.341 e. The summed E-state index contributed by atoms with van der Waals surface area (Å²) in [5.41, 5.74) is 3.20. The van der Waals surface area contributed by atoms with Gasteiger partial charge in [-0.25, -0.2) is 4.79 Å². The van der Waals surface area contributed by atoms with Gasteiger partial charge in [-0.15, -0.1) is 11.3 Å². The Morgan fingerprint density at radius 3 is 2.41 bits per heavy atom. The highest BCUT2D eigenvalue weighted by molar-refractivity contribution is 7.17. The average molecular weight is 448 g/mol. The first kappa shape index (κ1) is 20.8. The molecular weight excluding hydrogens is 422 g/mol. The first-order valence-electron chi connectivity index (χ1n) is 11.0. The average Bonchev–Trinajstić information content (AvgIpc) is 3.14. The van der Waals surface area contributed by atoms with Crippen LogP contribution < -0.4 is 10.1 Å². The van der Waals surface area contributed by atoms with Crippen LogP contribution in [-0.4, -0.2) is 18.5 Å². The van der Waals surface area contributed by atoms with Gasteiger partial charge in [-0.1, -0.05) is 43.3 Å². The van der Waals surface area contributed by atoms with Gasteiger partial charge in [0.15, 0.2) is 0 Å². The van der Waals surface area contributed by atoms with Crippen molar-refractivity contribution in [1.29, 1.82) is 0 Å². The van der Waals surface area contributed by atoms with Gasteiger partial charge in [0.2, 0.25) is 5.91 Å². The molecule has 0 radical (unpaired) electrons. The highest BCUT2D eigenvalue weighted by atomic mass is 32.1. The molecule has 1 aliphatic heterocycles. The molecule has 0 spiro atoms. The van der Waals surface area contributed by atoms with E-state index < -0.39 is 5.92 Å². The Morgan fingerprint density at radius 2 is 1.75 bits per heavy atom. The number of ether oxygens (including phenoxy) is 2. The van der Waals surface area contributed by atoms with Gasteiger partial charge in [0.25, 0.3) is 0 Å². The van der Waals surface area contributed by atoms with Gasteiger partial charge in [0.1, 0.15) is 16.5 Å². The Kier molecular flexibility index (Phi) is 5.47. The number of fused-ring (bicyclic) bond motifs is 3. The van der Waals surface area contributed by atoms with E-state index in [1.807, 2.05) is 48.5 Å². The second-order valence-corrected chi connectivity index (χ2v) is 9.48. The van der Waals surface area contributed by atoms with Crippen LogP contribution >= 0.6 is 11.3 Å². The molecule has 0 bridgehead atoms. The van der Waals surface area contributed by atoms with Crippen molar-refractivity contribution in [2.24, 2.45) is 5.92 Å². The number of para-hydroxylation sites is 2. The number of hydrogen-bond acceptors (Lipinski definition) is 5. The van der Waals surface area contributed by atoms with Crippen molar-refractivity contribution in [2.45, 2.75) is 39.0 Å². The number of hydrogen-bond donors (Lipinski definition) is 1. The van der Waals surface area contributed by atoms with Crippen molar-refractivity contribution >= 4 is 28.2 Å². The number of rotatable bonds is 4. The number of carbonyl (C=O) groups is 2. The van der Waals surface area contributed by atoms with Crippen LogP contribution in [-0.2, 0) is 22.4 Å². The van der Waals surface area contributed by atoms with Crippen molar-refractivity contribution in [2.75, 3.05) is 11.9 Å². The van der Waals surface area contributed by atoms with Crippen molar-refractivity contribution in [3.8, 4) is 11.5 Å². The molecule has 1 N–H and O–H groups in total. The maximum atomic E-state index is 13.7. The maximum absolute atomic E-state index is 13.7. The van der Waals surface area contributed by atoms with E-state index in [1.54, 1.807) is 6.92 Å². The van der Waals surface area contributed by atoms with Crippen LogP contribution in [0.1, 0.15) is 58.1 Å². The predicted molar refractivity (Wildman–Crippen MR) is 125 cm³/mol. The topological polar surface area (TPSA) is 64.6 Å². The summed E-state index contributed by atoms with van der Waals surface area (Å²) in [5, 5.41) is 3.69. The first-order chi connectivity index (χ1) is 15.6. The third-order valence-corrected chi connectivity index (χ3v) is 7.34. The number of carbonyl (C=O) groups excluding carboxylic acids is 2. The van der Waals surface area contributed by atoms with Crippen molar-refractivity contribution in [3.05, 3.63) is 75.7 Å². The summed E-state index contributed by atoms with van der Waals surface area (Å²) in [5.74, 6) is 0.860. The Labute approximate surface area is 191 Å². The molecule has 0 saturated heterocycles. The molecule has 3 aromatic rings. The summed E-state index contributed by atoms with van der Waals surface area (Å²) in [4.78, 5) is 27.7. The van der Waals surface area contributed by atoms with E-state index in [1.165, 1.54) is 16.2 Å². The summed E-state index contributed by atoms with van der Waals surface area (Å²) < 4.78 is 11.4. The molecule has 0 fully saturated rings. The molecule has 5 nitrogen and oxygen atoms in total. The van der Waals surface area contributed by atoms with E-state index in [4.69, 9.17) is 9.47 Å². The van der Waals surface area contributed by atoms with E-state index in [2.05, 4.69) is 12.2 Å². The molecule has 0 unspecified atom stereocenters. The molecule has 5 rings (SSSR count). The van der Waals surface area contributed by atoms with Crippen molar-refractivity contribution in [1.82, 2.24) is 0 Å². The number of amides is 1. The van der Waals surface area contributed by atoms with Gasteiger partial charge in [-0.3, -0.25) is 4.79 Å². The van der Waals surface area contributed by atoms with Crippen LogP contribution in [0, 0.1) is 5.92 Å². The van der Waals surface area contributed by atoms with Gasteiger partial charge >= 0.3 is 5.97 Å². The monoisotopic (exact) mass is 447 g/mol. The van der Waals surface area contributed by atoms with Crippen LogP contribution in [0.5, 0.6) is 11.5 Å². The Morgan fingerprint density at radius 1 is 1.09 bits per heavy atom. The number of anilines is 1. The Hall–Kier alpha value is -3.12. The molecule has 164 valence electrons. The fourth-order valence-electron chi connectivity index (χ4n) is 4.63. The molecule has 32 heavy (non-hydrogen) atoms. The van der Waals surface area contributed by atoms with E-state index >= 15 is 0 Å². The number of nitrogens with one attached hydrogen (secondary N) is 1. The molecule has 2 aliphatic rings. The van der Waals surface area contributed by atoms with Gasteiger partial charge in [-0.2, -0.15) is 0 Å². The third-order valence-electron chi connectivity index (χ3n) is 6.17. The highest BCUT2D eigenvalue weighted by Crippen LogP contribution is 2.45. The molecule has 1 atom stereocenters. The molecule has 0 saturated carbocycles. The van der Waals surface area contributed by atoms with E-state index in [-0.39, 0.29) is 11.9 Å². The van der Waals surface area contributed by atoms with Gasteiger partial charge in [-0.05, 0) is 49.8 Å². The molecule has 1 aromatic heterocycles. The van der Waals surface area contributed by atoms with E-state index in [0.29, 0.717) is 34.6 Å². The van der Waals surface area contributed by atoms with E-state index in [0.717, 1.165) is 36.0 Å². The predicted octanol–water partition coefficient (Wildman–Crippen LogP) is 5.93. The lowest BCUT2D eigenvalue weighted by Crippen LogP contribution is -2.25. The zero-order valence-electron chi connectivity index (χ0n) is 18.1. The molecule has 2 aromatic carbocycles. The fraction of sp³-hybridized carbons (Fsp3) is 0.308. The minimum absolute atomic E-state index is 0.176. The minimum Gasteiger partial charge on any atom is -0.462 e. The Balaban J connectivity index is 1.55. The van der Waals surface area contributed by atoms with Gasteiger partial charge < -0.3 is 14.8 Å². The number of thiophene rings is 1. The standard InChI is InChI=1S/C26H25NO4S/c1-3-30-26(29)23-18-13-12-15(2)14-21(18)32-25(23)27-24(28)22-16-8-4-6-10-19(16)31-20-11-7-5-9-17(20)22/h4-11,15,22H,3,12-14H2,1-2H3,(H,27,28)/t15-/m1/s1. The largest absolute Gasteiger partial charge is 0.462 e. The molecule has 2 heterocycles. The smallest absolute Gasteiger partial charge is 0.341 e. The molecule has 1 amide bonds. The zero-order chi connectivity index (χ0) is 22.2. The number of esters is 1. The summed E-state index contributed by atoms with van der Waals surface area (Å²) >= 11 is 1.51. The van der Waals surface area contributed by atoms with Crippen molar-refractivity contribution < 1.29 is 19.1 Å². The van der Waals surface area contributed by atoms with Crippen LogP contribution in [0.25, 0.3) is 0 Å². The fourth-order valence-corrected chi connectivity index (χ4v) is 6.04. The van der Waals surface area contributed by atoms with Crippen LogP contribution in [0.15, 0.2) is 48.5 Å². The minimum atomic E-state index is -0.524. The summed E-state index contributed by atoms with van der Waals surface area (Å²) in [6, 6.07) is 15.2. The SMILES string of the molecule is CCOC(=O)c1c(NC(=O)C2c3ccccc3Oc3ccccc32)sc2c1CC[C@@H](C)C2. The molecule has 6 heteroatoms. The second-order valence-electron chi connectivity index (χ2n) is 8.38. The third kappa shape index (κ3) is 3.58. The second kappa shape index (κ2) is 8.43. The van der Waals surface area contributed by atoms with Crippen molar-refractivity contribution in [3.63, 3.8) is 0 Å². The normalized spacial score (nSPS) is 16.9. The summed E-state index contributed by atoms with van der Waals surface area (Å²) in [6.07, 6.45) is 2.79. The van der Waals surface area contributed by atoms with Gasteiger partial charge in [0.05, 0.1) is 18.1 Å². The summed E-state index contributed by atoms with van der Waals surface area (Å²) in [7, 11) is 0. The van der Waals surface area contributed by atoms with Crippen LogP contribution in [0.4, 0.5) is 5.00 Å². The highest BCUT2D eigenvalue weighted by Gasteiger charge is 2.35. The zero-order valence-corrected chi connectivity index (χ0v) is 19.0. The quantitative estimate of drug-likeness (QED) is 0.504. The van der Waals surface area contributed by atoms with Crippen LogP contribution in [0.3, 0.4) is 0 Å². The van der Waals surface area contributed by atoms with Crippen LogP contribution in [0.2, 0.25) is 0 Å². The lowest BCUT2D eigenvalue weighted by atomic mass is 9.87. The summed E-state index contributed by atoms with van der Waals surface area (Å²) in [6.45, 7) is 4.32. The number of benzene rings is 2. The van der Waals surface area contributed by atoms with E-state index in [9.17, 15) is 9.59 Å². The molecule has 1 aliphatic carbocycles. The van der Waals surface area contributed by atoms with Gasteiger partial charge in [0, 0.05) is 16.0 Å².